The lowest BCUT2D eigenvalue weighted by molar-refractivity contribution is -0.140. The van der Waals surface area contributed by atoms with Crippen LogP contribution in [0.4, 0.5) is 0 Å². The van der Waals surface area contributed by atoms with Crippen LogP contribution in [0.3, 0.4) is 0 Å². The Labute approximate surface area is 109 Å². The zero-order chi connectivity index (χ0) is 14.5. The summed E-state index contributed by atoms with van der Waals surface area (Å²) in [5.74, 6) is -0.950. The second-order valence-corrected chi connectivity index (χ2v) is 5.97. The van der Waals surface area contributed by atoms with Gasteiger partial charge in [0.15, 0.2) is 0 Å². The molecule has 106 valence electrons. The van der Waals surface area contributed by atoms with Crippen molar-refractivity contribution in [2.45, 2.75) is 59.5 Å². The number of amides is 1. The third kappa shape index (κ3) is 5.49. The molecular weight excluding hydrogens is 232 g/mol. The molecule has 0 saturated carbocycles. The van der Waals surface area contributed by atoms with Crippen LogP contribution >= 0.6 is 0 Å². The largest absolute Gasteiger partial charge is 0.481 e. The highest BCUT2D eigenvalue weighted by Gasteiger charge is 2.31. The molecule has 1 unspecified atom stereocenters. The van der Waals surface area contributed by atoms with Crippen molar-refractivity contribution >= 4 is 11.9 Å². The van der Waals surface area contributed by atoms with E-state index in [-0.39, 0.29) is 23.8 Å². The minimum absolute atomic E-state index is 0.0275. The Morgan fingerprint density at radius 1 is 1.28 bits per heavy atom. The van der Waals surface area contributed by atoms with Gasteiger partial charge >= 0.3 is 5.97 Å². The van der Waals surface area contributed by atoms with Crippen molar-refractivity contribution < 1.29 is 14.7 Å². The fraction of sp³-hybridized carbons (Fsp3) is 0.846. The number of nitrogens with two attached hydrogens (primary N) is 1. The van der Waals surface area contributed by atoms with Crippen molar-refractivity contribution in [1.82, 2.24) is 4.90 Å². The summed E-state index contributed by atoms with van der Waals surface area (Å²) in [5.41, 5.74) is 5.66. The molecule has 0 aliphatic heterocycles. The van der Waals surface area contributed by atoms with E-state index in [4.69, 9.17) is 10.8 Å². The first kappa shape index (κ1) is 16.9. The van der Waals surface area contributed by atoms with Crippen LogP contribution in [0.25, 0.3) is 0 Å². The number of hydrogen-bond acceptors (Lipinski definition) is 3. The Morgan fingerprint density at radius 3 is 2.11 bits per heavy atom. The Hall–Kier alpha value is -1.10. The lowest BCUT2D eigenvalue weighted by Crippen LogP contribution is -2.52. The molecule has 0 fully saturated rings. The smallest absolute Gasteiger partial charge is 0.303 e. The SMILES string of the molecule is CC(C)N(CCCC(=O)O)C(=O)C(N)C(C)(C)C. The fourth-order valence-electron chi connectivity index (χ4n) is 1.57. The Morgan fingerprint density at radius 2 is 1.78 bits per heavy atom. The molecule has 0 bridgehead atoms. The van der Waals surface area contributed by atoms with E-state index >= 15 is 0 Å². The molecule has 0 aromatic heterocycles. The summed E-state index contributed by atoms with van der Waals surface area (Å²) in [4.78, 5) is 24.4. The minimum atomic E-state index is -0.841. The molecule has 0 radical (unpaired) electrons. The maximum absolute atomic E-state index is 12.3. The van der Waals surface area contributed by atoms with Crippen molar-refractivity contribution in [1.29, 1.82) is 0 Å². The van der Waals surface area contributed by atoms with Gasteiger partial charge in [-0.2, -0.15) is 0 Å². The van der Waals surface area contributed by atoms with Crippen molar-refractivity contribution in [3.63, 3.8) is 0 Å². The van der Waals surface area contributed by atoms with E-state index in [1.807, 2.05) is 34.6 Å². The van der Waals surface area contributed by atoms with E-state index in [0.717, 1.165) is 0 Å². The number of carboxylic acids is 1. The van der Waals surface area contributed by atoms with Crippen LogP contribution in [0.2, 0.25) is 0 Å². The molecular formula is C13H26N2O3. The van der Waals surface area contributed by atoms with E-state index < -0.39 is 12.0 Å². The number of carboxylic acid groups (broad SMARTS) is 1. The van der Waals surface area contributed by atoms with Crippen molar-refractivity contribution in [3.05, 3.63) is 0 Å². The molecule has 0 saturated heterocycles. The molecule has 0 aromatic carbocycles. The quantitative estimate of drug-likeness (QED) is 0.755. The van der Waals surface area contributed by atoms with Crippen LogP contribution in [-0.2, 0) is 9.59 Å². The van der Waals surface area contributed by atoms with Gasteiger partial charge in [0.2, 0.25) is 5.91 Å². The summed E-state index contributed by atoms with van der Waals surface area (Å²) in [7, 11) is 0. The summed E-state index contributed by atoms with van der Waals surface area (Å²) >= 11 is 0. The lowest BCUT2D eigenvalue weighted by atomic mass is 9.86. The topological polar surface area (TPSA) is 83.6 Å². The minimum Gasteiger partial charge on any atom is -0.481 e. The number of rotatable bonds is 6. The summed E-state index contributed by atoms with van der Waals surface area (Å²) in [6, 6.07) is -0.538. The van der Waals surface area contributed by atoms with Gasteiger partial charge in [0.25, 0.3) is 0 Å². The zero-order valence-electron chi connectivity index (χ0n) is 12.1. The lowest BCUT2D eigenvalue weighted by Gasteiger charge is -2.34. The van der Waals surface area contributed by atoms with E-state index in [9.17, 15) is 9.59 Å². The van der Waals surface area contributed by atoms with Crippen LogP contribution in [0, 0.1) is 5.41 Å². The second-order valence-electron chi connectivity index (χ2n) is 5.97. The molecule has 3 N–H and O–H groups in total. The molecule has 0 aliphatic carbocycles. The van der Waals surface area contributed by atoms with Crippen LogP contribution < -0.4 is 5.73 Å². The molecule has 0 spiro atoms. The molecule has 0 aliphatic rings. The first-order chi connectivity index (χ1) is 8.07. The molecule has 0 rings (SSSR count). The average Bonchev–Trinajstić information content (AvgIpc) is 2.20. The maximum atomic E-state index is 12.3. The van der Waals surface area contributed by atoms with Crippen LogP contribution in [0.5, 0.6) is 0 Å². The fourth-order valence-corrected chi connectivity index (χ4v) is 1.57. The standard InChI is InChI=1S/C13H26N2O3/c1-9(2)15(8-6-7-10(16)17)12(18)11(14)13(3,4)5/h9,11H,6-8,14H2,1-5H3,(H,16,17). The molecule has 0 aromatic rings. The predicted molar refractivity (Wildman–Crippen MR) is 71.1 cm³/mol. The third-order valence-electron chi connectivity index (χ3n) is 2.90. The van der Waals surface area contributed by atoms with Gasteiger partial charge in [0.05, 0.1) is 6.04 Å². The second kappa shape index (κ2) is 6.73. The monoisotopic (exact) mass is 258 g/mol. The van der Waals surface area contributed by atoms with Crippen molar-refractivity contribution in [3.8, 4) is 0 Å². The van der Waals surface area contributed by atoms with Crippen molar-refractivity contribution in [2.75, 3.05) is 6.54 Å². The van der Waals surface area contributed by atoms with Crippen LogP contribution in [0.15, 0.2) is 0 Å². The van der Waals surface area contributed by atoms with E-state index in [1.165, 1.54) is 0 Å². The number of nitrogens with zero attached hydrogens (tertiary/aromatic N) is 1. The highest BCUT2D eigenvalue weighted by Crippen LogP contribution is 2.20. The van der Waals surface area contributed by atoms with Crippen LogP contribution in [-0.4, -0.2) is 40.5 Å². The summed E-state index contributed by atoms with van der Waals surface area (Å²) < 4.78 is 0. The van der Waals surface area contributed by atoms with Gasteiger partial charge in [-0.25, -0.2) is 0 Å². The summed E-state index contributed by atoms with van der Waals surface area (Å²) in [6.07, 6.45) is 0.525. The molecule has 1 atom stereocenters. The predicted octanol–water partition coefficient (Wildman–Crippen LogP) is 1.46. The van der Waals surface area contributed by atoms with Gasteiger partial charge < -0.3 is 15.7 Å². The van der Waals surface area contributed by atoms with Crippen molar-refractivity contribution in [2.24, 2.45) is 11.1 Å². The van der Waals surface area contributed by atoms with Gasteiger partial charge in [0.1, 0.15) is 0 Å². The van der Waals surface area contributed by atoms with E-state index in [2.05, 4.69) is 0 Å². The highest BCUT2D eigenvalue weighted by molar-refractivity contribution is 5.82. The number of carbonyl (C=O) groups is 2. The van der Waals surface area contributed by atoms with Gasteiger partial charge in [0, 0.05) is 19.0 Å². The van der Waals surface area contributed by atoms with Crippen LogP contribution in [0.1, 0.15) is 47.5 Å². The Bertz CT molecular complexity index is 295. The number of hydrogen-bond donors (Lipinski definition) is 2. The van der Waals surface area contributed by atoms with E-state index in [1.54, 1.807) is 4.90 Å². The summed E-state index contributed by atoms with van der Waals surface area (Å²) in [5, 5.41) is 8.61. The Balaban J connectivity index is 4.60. The van der Waals surface area contributed by atoms with Gasteiger partial charge in [-0.05, 0) is 25.7 Å². The normalized spacial score (nSPS) is 13.5. The molecule has 1 amide bonds. The highest BCUT2D eigenvalue weighted by atomic mass is 16.4. The number of carbonyl (C=O) groups excluding carboxylic acids is 1. The average molecular weight is 258 g/mol. The molecule has 5 nitrogen and oxygen atoms in total. The first-order valence-electron chi connectivity index (χ1n) is 6.35. The first-order valence-corrected chi connectivity index (χ1v) is 6.35. The van der Waals surface area contributed by atoms with Gasteiger partial charge in [-0.3, -0.25) is 9.59 Å². The summed E-state index contributed by atoms with van der Waals surface area (Å²) in [6.45, 7) is 10.0. The van der Waals surface area contributed by atoms with Gasteiger partial charge in [-0.1, -0.05) is 20.8 Å². The maximum Gasteiger partial charge on any atom is 0.303 e. The number of aliphatic carboxylic acids is 1. The van der Waals surface area contributed by atoms with Gasteiger partial charge in [-0.15, -0.1) is 0 Å². The molecule has 18 heavy (non-hydrogen) atoms. The Kier molecular flexibility index (Phi) is 6.32. The van der Waals surface area contributed by atoms with E-state index in [0.29, 0.717) is 13.0 Å². The molecule has 0 heterocycles. The zero-order valence-corrected chi connectivity index (χ0v) is 12.1. The molecule has 5 heteroatoms. The third-order valence-corrected chi connectivity index (χ3v) is 2.90.